The van der Waals surface area contributed by atoms with Crippen LogP contribution >= 0.6 is 0 Å². The van der Waals surface area contributed by atoms with Crippen LogP contribution in [0.5, 0.6) is 0 Å². The van der Waals surface area contributed by atoms with Gasteiger partial charge in [0.2, 0.25) is 0 Å². The van der Waals surface area contributed by atoms with Gasteiger partial charge >= 0.3 is 0 Å². The zero-order valence-electron chi connectivity index (χ0n) is 10.1. The SMILES string of the molecule is c1ccc2c(c1)CC1CNc3cccnc3N1C2. The molecular formula is C15H15N3. The van der Waals surface area contributed by atoms with Crippen molar-refractivity contribution in [1.82, 2.24) is 4.98 Å². The van der Waals surface area contributed by atoms with Crippen LogP contribution in [0.2, 0.25) is 0 Å². The van der Waals surface area contributed by atoms with Gasteiger partial charge in [-0.3, -0.25) is 0 Å². The van der Waals surface area contributed by atoms with Crippen LogP contribution in [0.25, 0.3) is 0 Å². The van der Waals surface area contributed by atoms with E-state index in [0.29, 0.717) is 6.04 Å². The standard InChI is InChI=1S/C15H15N3/c1-2-5-12-10-18-13(8-11(12)4-1)9-17-14-6-3-7-16-15(14)18/h1-7,13,17H,8-10H2. The number of nitrogens with zero attached hydrogens (tertiary/aromatic N) is 2. The Balaban J connectivity index is 1.79. The van der Waals surface area contributed by atoms with Crippen molar-refractivity contribution < 1.29 is 0 Å². The van der Waals surface area contributed by atoms with Crippen molar-refractivity contribution in [3.05, 3.63) is 53.7 Å². The van der Waals surface area contributed by atoms with E-state index in [1.165, 1.54) is 11.1 Å². The molecule has 1 unspecified atom stereocenters. The molecule has 2 aliphatic heterocycles. The van der Waals surface area contributed by atoms with E-state index in [4.69, 9.17) is 0 Å². The molecule has 0 aliphatic carbocycles. The summed E-state index contributed by atoms with van der Waals surface area (Å²) in [6.07, 6.45) is 2.99. The second-order valence-corrected chi connectivity index (χ2v) is 5.01. The summed E-state index contributed by atoms with van der Waals surface area (Å²) in [5.41, 5.74) is 4.08. The highest BCUT2D eigenvalue weighted by molar-refractivity contribution is 5.69. The van der Waals surface area contributed by atoms with E-state index in [1.807, 2.05) is 12.3 Å². The molecule has 3 heteroatoms. The molecule has 0 amide bonds. The lowest BCUT2D eigenvalue weighted by atomic mass is 9.92. The molecule has 3 heterocycles. The van der Waals surface area contributed by atoms with Crippen LogP contribution in [0, 0.1) is 0 Å². The Kier molecular flexibility index (Phi) is 2.06. The fraction of sp³-hybridized carbons (Fsp3) is 0.267. The topological polar surface area (TPSA) is 28.2 Å². The largest absolute Gasteiger partial charge is 0.380 e. The summed E-state index contributed by atoms with van der Waals surface area (Å²) < 4.78 is 0. The summed E-state index contributed by atoms with van der Waals surface area (Å²) in [7, 11) is 0. The fourth-order valence-corrected chi connectivity index (χ4v) is 3.01. The fourth-order valence-electron chi connectivity index (χ4n) is 3.01. The molecule has 3 nitrogen and oxygen atoms in total. The van der Waals surface area contributed by atoms with Crippen molar-refractivity contribution in [1.29, 1.82) is 0 Å². The molecule has 0 bridgehead atoms. The number of aromatic nitrogens is 1. The molecule has 0 radical (unpaired) electrons. The number of nitrogens with one attached hydrogen (secondary N) is 1. The molecule has 2 aromatic rings. The molecule has 1 aromatic carbocycles. The van der Waals surface area contributed by atoms with E-state index in [2.05, 4.69) is 45.5 Å². The summed E-state index contributed by atoms with van der Waals surface area (Å²) in [4.78, 5) is 6.98. The molecule has 0 saturated heterocycles. The van der Waals surface area contributed by atoms with Crippen LogP contribution in [0.1, 0.15) is 11.1 Å². The van der Waals surface area contributed by atoms with Gasteiger partial charge in [-0.05, 0) is 29.7 Å². The number of hydrogen-bond donors (Lipinski definition) is 1. The third kappa shape index (κ3) is 1.40. The van der Waals surface area contributed by atoms with E-state index in [-0.39, 0.29) is 0 Å². The molecule has 0 fully saturated rings. The molecule has 4 rings (SSSR count). The maximum absolute atomic E-state index is 4.54. The first-order chi connectivity index (χ1) is 8.92. The van der Waals surface area contributed by atoms with Gasteiger partial charge in [-0.15, -0.1) is 0 Å². The molecule has 18 heavy (non-hydrogen) atoms. The van der Waals surface area contributed by atoms with Gasteiger partial charge in [0.15, 0.2) is 5.82 Å². The van der Waals surface area contributed by atoms with Gasteiger partial charge in [-0.25, -0.2) is 4.98 Å². The normalized spacial score (nSPS) is 20.4. The van der Waals surface area contributed by atoms with Crippen LogP contribution in [0.3, 0.4) is 0 Å². The van der Waals surface area contributed by atoms with Gasteiger partial charge in [0.25, 0.3) is 0 Å². The van der Waals surface area contributed by atoms with Crippen molar-refractivity contribution in [3.63, 3.8) is 0 Å². The third-order valence-electron chi connectivity index (χ3n) is 3.94. The first kappa shape index (κ1) is 9.95. The van der Waals surface area contributed by atoms with Crippen LogP contribution < -0.4 is 10.2 Å². The van der Waals surface area contributed by atoms with Crippen molar-refractivity contribution in [3.8, 4) is 0 Å². The highest BCUT2D eigenvalue weighted by atomic mass is 15.3. The van der Waals surface area contributed by atoms with Gasteiger partial charge in [-0.2, -0.15) is 0 Å². The second kappa shape index (κ2) is 3.73. The third-order valence-corrected chi connectivity index (χ3v) is 3.94. The Morgan fingerprint density at radius 3 is 2.94 bits per heavy atom. The number of benzene rings is 1. The highest BCUT2D eigenvalue weighted by Gasteiger charge is 2.31. The second-order valence-electron chi connectivity index (χ2n) is 5.01. The Labute approximate surface area is 106 Å². The number of rotatable bonds is 0. The molecule has 1 aromatic heterocycles. The van der Waals surface area contributed by atoms with Crippen LogP contribution in [-0.4, -0.2) is 17.6 Å². The Bertz CT molecular complexity index is 594. The minimum atomic E-state index is 0.530. The van der Waals surface area contributed by atoms with E-state index >= 15 is 0 Å². The number of anilines is 2. The van der Waals surface area contributed by atoms with Crippen LogP contribution in [0.15, 0.2) is 42.6 Å². The zero-order valence-corrected chi connectivity index (χ0v) is 10.1. The summed E-state index contributed by atoms with van der Waals surface area (Å²) in [5.74, 6) is 1.10. The van der Waals surface area contributed by atoms with Gasteiger partial charge in [0.05, 0.1) is 11.7 Å². The van der Waals surface area contributed by atoms with Crippen molar-refractivity contribution in [2.45, 2.75) is 19.0 Å². The minimum absolute atomic E-state index is 0.530. The lowest BCUT2D eigenvalue weighted by Crippen LogP contribution is -2.48. The lowest BCUT2D eigenvalue weighted by Gasteiger charge is -2.42. The summed E-state index contributed by atoms with van der Waals surface area (Å²) in [6, 6.07) is 13.4. The van der Waals surface area contributed by atoms with Crippen LogP contribution in [0.4, 0.5) is 11.5 Å². The molecule has 90 valence electrons. The van der Waals surface area contributed by atoms with Crippen molar-refractivity contribution >= 4 is 11.5 Å². The Morgan fingerprint density at radius 1 is 1.11 bits per heavy atom. The van der Waals surface area contributed by atoms with Gasteiger partial charge < -0.3 is 10.2 Å². The average Bonchev–Trinajstić information content (AvgIpc) is 2.45. The minimum Gasteiger partial charge on any atom is -0.380 e. The summed E-state index contributed by atoms with van der Waals surface area (Å²) in [6.45, 7) is 1.99. The predicted molar refractivity (Wildman–Crippen MR) is 72.8 cm³/mol. The molecule has 1 N–H and O–H groups in total. The summed E-state index contributed by atoms with van der Waals surface area (Å²) in [5, 5.41) is 3.49. The van der Waals surface area contributed by atoms with Crippen molar-refractivity contribution in [2.75, 3.05) is 16.8 Å². The molecular weight excluding hydrogens is 222 g/mol. The van der Waals surface area contributed by atoms with Gasteiger partial charge in [0.1, 0.15) is 0 Å². The monoisotopic (exact) mass is 237 g/mol. The molecule has 0 spiro atoms. The average molecular weight is 237 g/mol. The number of fused-ring (bicyclic) bond motifs is 4. The van der Waals surface area contributed by atoms with Crippen molar-refractivity contribution in [2.24, 2.45) is 0 Å². The van der Waals surface area contributed by atoms with Crippen LogP contribution in [-0.2, 0) is 13.0 Å². The van der Waals surface area contributed by atoms with E-state index < -0.39 is 0 Å². The summed E-state index contributed by atoms with van der Waals surface area (Å²) >= 11 is 0. The van der Waals surface area contributed by atoms with E-state index in [0.717, 1.165) is 31.0 Å². The first-order valence-corrected chi connectivity index (χ1v) is 6.44. The molecule has 0 saturated carbocycles. The quantitative estimate of drug-likeness (QED) is 0.762. The Hall–Kier alpha value is -2.03. The maximum Gasteiger partial charge on any atom is 0.152 e. The first-order valence-electron chi connectivity index (χ1n) is 6.44. The number of pyridine rings is 1. The zero-order chi connectivity index (χ0) is 11.9. The molecule has 2 aliphatic rings. The van der Waals surface area contributed by atoms with Gasteiger partial charge in [0, 0.05) is 19.3 Å². The highest BCUT2D eigenvalue weighted by Crippen LogP contribution is 2.34. The Morgan fingerprint density at radius 2 is 2.00 bits per heavy atom. The van der Waals surface area contributed by atoms with Gasteiger partial charge in [-0.1, -0.05) is 24.3 Å². The predicted octanol–water partition coefficient (Wildman–Crippen LogP) is 2.44. The molecule has 1 atom stereocenters. The van der Waals surface area contributed by atoms with E-state index in [9.17, 15) is 0 Å². The van der Waals surface area contributed by atoms with E-state index in [1.54, 1.807) is 0 Å². The maximum atomic E-state index is 4.54. The number of hydrogen-bond acceptors (Lipinski definition) is 3. The lowest BCUT2D eigenvalue weighted by molar-refractivity contribution is 0.556. The smallest absolute Gasteiger partial charge is 0.152 e.